The SMILES string of the molecule is CCCCCCCCCC/C=C\CCCCCCCCCCCCCCCCCCCCCCCCCCCCCC(=O)OC(COC(=O)CCCCCCCCCCCCCCCCCCCCCCC/C=C\CCCCCCCCCC)COC(OCC[N+](C)(C)C)C(=O)O. The van der Waals surface area contributed by atoms with Crippen LogP contribution in [-0.4, -0.2) is 87.4 Å². The number of carboxylic acid groups (broad SMARTS) is 1. The minimum atomic E-state index is -1.51. The lowest BCUT2D eigenvalue weighted by atomic mass is 10.0. The fraction of sp³-hybridized carbons (Fsp3) is 0.920. The third-order valence-corrected chi connectivity index (χ3v) is 20.2. The fourth-order valence-electron chi connectivity index (χ4n) is 13.5. The van der Waals surface area contributed by atoms with Crippen LogP contribution >= 0.6 is 0 Å². The van der Waals surface area contributed by atoms with Crippen LogP contribution in [0.3, 0.4) is 0 Å². The van der Waals surface area contributed by atoms with E-state index in [1.807, 2.05) is 21.1 Å². The Bertz CT molecular complexity index is 1640. The Morgan fingerprint density at radius 3 is 0.763 bits per heavy atom. The molecule has 0 aromatic rings. The number of carbonyl (C=O) groups excluding carboxylic acids is 2. The van der Waals surface area contributed by atoms with Gasteiger partial charge in [-0.05, 0) is 64.2 Å². The molecule has 0 aromatic carbocycles. The molecule has 2 unspecified atom stereocenters. The van der Waals surface area contributed by atoms with Gasteiger partial charge in [0.1, 0.15) is 13.2 Å². The predicted octanol–water partition coefficient (Wildman–Crippen LogP) is 28.1. The molecular weight excluding hydrogens is 1200 g/mol. The number of unbranched alkanes of at least 4 members (excludes halogenated alkanes) is 64. The molecule has 0 rings (SSSR count). The number of hydrogen-bond donors (Lipinski definition) is 1. The van der Waals surface area contributed by atoms with Crippen molar-refractivity contribution >= 4 is 17.9 Å². The van der Waals surface area contributed by atoms with E-state index in [0.29, 0.717) is 17.4 Å². The molecule has 9 heteroatoms. The van der Waals surface area contributed by atoms with Gasteiger partial charge in [0.15, 0.2) is 6.10 Å². The first-order chi connectivity index (χ1) is 47.6. The highest BCUT2D eigenvalue weighted by atomic mass is 16.7. The summed E-state index contributed by atoms with van der Waals surface area (Å²) in [7, 11) is 6.01. The Morgan fingerprint density at radius 1 is 0.299 bits per heavy atom. The highest BCUT2D eigenvalue weighted by Gasteiger charge is 2.25. The summed E-state index contributed by atoms with van der Waals surface area (Å²) in [5.41, 5.74) is 0. The average Bonchev–Trinajstić information content (AvgIpc) is 2.39. The van der Waals surface area contributed by atoms with E-state index in [4.69, 9.17) is 18.9 Å². The van der Waals surface area contributed by atoms with Gasteiger partial charge in [0.2, 0.25) is 0 Å². The van der Waals surface area contributed by atoms with E-state index in [-0.39, 0.29) is 38.2 Å². The van der Waals surface area contributed by atoms with Crippen molar-refractivity contribution in [3.8, 4) is 0 Å². The largest absolute Gasteiger partial charge is 0.477 e. The van der Waals surface area contributed by atoms with Gasteiger partial charge in [0.05, 0.1) is 34.4 Å². The topological polar surface area (TPSA) is 108 Å². The maximum Gasteiger partial charge on any atom is 0.361 e. The van der Waals surface area contributed by atoms with Crippen LogP contribution in [0.2, 0.25) is 0 Å². The highest BCUT2D eigenvalue weighted by molar-refractivity contribution is 5.71. The van der Waals surface area contributed by atoms with E-state index in [0.717, 1.165) is 38.5 Å². The molecule has 0 aliphatic heterocycles. The third kappa shape index (κ3) is 80.9. The van der Waals surface area contributed by atoms with Gasteiger partial charge in [-0.1, -0.05) is 411 Å². The first kappa shape index (κ1) is 94.8. The van der Waals surface area contributed by atoms with E-state index in [9.17, 15) is 19.5 Å². The lowest BCUT2D eigenvalue weighted by molar-refractivity contribution is -0.870. The van der Waals surface area contributed by atoms with Crippen LogP contribution in [0.4, 0.5) is 0 Å². The summed E-state index contributed by atoms with van der Waals surface area (Å²) in [6, 6.07) is 0. The van der Waals surface area contributed by atoms with Crippen LogP contribution < -0.4 is 0 Å². The second-order valence-electron chi connectivity index (χ2n) is 31.2. The van der Waals surface area contributed by atoms with Gasteiger partial charge in [-0.15, -0.1) is 0 Å². The van der Waals surface area contributed by atoms with Gasteiger partial charge < -0.3 is 28.5 Å². The van der Waals surface area contributed by atoms with E-state index in [1.165, 1.54) is 398 Å². The van der Waals surface area contributed by atoms with Gasteiger partial charge in [0.25, 0.3) is 6.29 Å². The van der Waals surface area contributed by atoms with Gasteiger partial charge >= 0.3 is 17.9 Å². The van der Waals surface area contributed by atoms with Crippen LogP contribution in [0.15, 0.2) is 24.3 Å². The maximum atomic E-state index is 13.0. The number of likely N-dealkylation sites (N-methyl/N-ethyl adjacent to an activating group) is 1. The molecule has 0 saturated carbocycles. The smallest absolute Gasteiger partial charge is 0.361 e. The monoisotopic (exact) mass is 1370 g/mol. The van der Waals surface area contributed by atoms with E-state index in [2.05, 4.69) is 38.2 Å². The molecule has 0 radical (unpaired) electrons. The molecule has 0 bridgehead atoms. The standard InChI is InChI=1S/C88H169NO8/c1-6-8-10-12-14-16-18-20-22-24-26-28-30-32-34-36-38-40-41-42-43-44-45-47-49-51-53-55-57-59-61-63-65-67-69-71-73-75-77-79-86(91)97-84(83-96-88(87(92)93)94-81-80-89(3,4)5)82-95-85(90)78-76-74-72-70-68-66-64-62-60-58-56-54-52-50-48-46-39-37-35-33-31-29-27-25-23-21-19-17-15-13-11-9-7-2/h24-27,84,88H,6-23,28-83H2,1-5H3/p+1/b26-24-,27-25-. The number of carboxylic acids is 1. The number of esters is 2. The molecule has 0 spiro atoms. The molecular formula is C88H170NO8+. The van der Waals surface area contributed by atoms with Gasteiger partial charge in [0, 0.05) is 12.8 Å². The zero-order valence-corrected chi connectivity index (χ0v) is 66.0. The number of ether oxygens (including phenoxy) is 4. The Morgan fingerprint density at radius 2 is 0.526 bits per heavy atom. The van der Waals surface area contributed by atoms with Crippen molar-refractivity contribution in [2.24, 2.45) is 0 Å². The summed E-state index contributed by atoms with van der Waals surface area (Å²) in [4.78, 5) is 37.8. The zero-order valence-electron chi connectivity index (χ0n) is 66.0. The van der Waals surface area contributed by atoms with Crippen molar-refractivity contribution in [1.29, 1.82) is 0 Å². The van der Waals surface area contributed by atoms with Crippen molar-refractivity contribution in [3.63, 3.8) is 0 Å². The summed E-state index contributed by atoms with van der Waals surface area (Å²) in [6.45, 7) is 4.97. The summed E-state index contributed by atoms with van der Waals surface area (Å²) in [5.74, 6) is -1.96. The van der Waals surface area contributed by atoms with E-state index < -0.39 is 18.4 Å². The summed E-state index contributed by atoms with van der Waals surface area (Å²) in [6.07, 6.45) is 99.5. The number of allylic oxidation sites excluding steroid dienone is 4. The lowest BCUT2D eigenvalue weighted by Crippen LogP contribution is -2.40. The first-order valence-corrected chi connectivity index (χ1v) is 43.5. The molecule has 0 amide bonds. The van der Waals surface area contributed by atoms with Crippen molar-refractivity contribution in [2.75, 3.05) is 47.5 Å². The number of aliphatic carboxylic acids is 1. The summed E-state index contributed by atoms with van der Waals surface area (Å²) >= 11 is 0. The molecule has 9 nitrogen and oxygen atoms in total. The van der Waals surface area contributed by atoms with Crippen molar-refractivity contribution in [3.05, 3.63) is 24.3 Å². The molecule has 574 valence electrons. The Labute approximate surface area is 605 Å². The third-order valence-electron chi connectivity index (χ3n) is 20.2. The minimum absolute atomic E-state index is 0.174. The van der Waals surface area contributed by atoms with Crippen LogP contribution in [-0.2, 0) is 33.3 Å². The van der Waals surface area contributed by atoms with Crippen LogP contribution in [0.25, 0.3) is 0 Å². The molecule has 0 fully saturated rings. The average molecular weight is 1370 g/mol. The quantitative estimate of drug-likeness (QED) is 0.0211. The fourth-order valence-corrected chi connectivity index (χ4v) is 13.5. The minimum Gasteiger partial charge on any atom is -0.477 e. The Kier molecular flexibility index (Phi) is 77.6. The van der Waals surface area contributed by atoms with Crippen LogP contribution in [0, 0.1) is 0 Å². The van der Waals surface area contributed by atoms with E-state index >= 15 is 0 Å². The Hall–Kier alpha value is -2.23. The van der Waals surface area contributed by atoms with E-state index in [1.54, 1.807) is 0 Å². The van der Waals surface area contributed by atoms with Gasteiger partial charge in [-0.3, -0.25) is 9.59 Å². The van der Waals surface area contributed by atoms with Gasteiger partial charge in [-0.25, -0.2) is 4.79 Å². The number of hydrogen-bond acceptors (Lipinski definition) is 7. The molecule has 0 aliphatic carbocycles. The molecule has 2 atom stereocenters. The van der Waals surface area contributed by atoms with Crippen LogP contribution in [0.5, 0.6) is 0 Å². The highest BCUT2D eigenvalue weighted by Crippen LogP contribution is 2.21. The maximum absolute atomic E-state index is 13.0. The second-order valence-corrected chi connectivity index (χ2v) is 31.2. The van der Waals surface area contributed by atoms with Crippen molar-refractivity contribution < 1.29 is 42.9 Å². The molecule has 0 heterocycles. The van der Waals surface area contributed by atoms with Crippen molar-refractivity contribution in [2.45, 2.75) is 476 Å². The number of rotatable bonds is 83. The summed E-state index contributed by atoms with van der Waals surface area (Å²) < 4.78 is 23.1. The molecule has 0 aliphatic rings. The molecule has 0 aromatic heterocycles. The van der Waals surface area contributed by atoms with Crippen molar-refractivity contribution in [1.82, 2.24) is 0 Å². The zero-order chi connectivity index (χ0) is 70.4. The number of nitrogens with zero attached hydrogens (tertiary/aromatic N) is 1. The molecule has 0 saturated heterocycles. The molecule has 1 N–H and O–H groups in total. The summed E-state index contributed by atoms with van der Waals surface area (Å²) in [5, 5.41) is 9.79. The number of quaternary nitrogens is 1. The first-order valence-electron chi connectivity index (χ1n) is 43.5. The van der Waals surface area contributed by atoms with Gasteiger partial charge in [-0.2, -0.15) is 0 Å². The predicted molar refractivity (Wildman–Crippen MR) is 420 cm³/mol. The Balaban J connectivity index is 3.91. The molecule has 97 heavy (non-hydrogen) atoms. The lowest BCUT2D eigenvalue weighted by Gasteiger charge is -2.25. The second kappa shape index (κ2) is 79.5. The van der Waals surface area contributed by atoms with Crippen LogP contribution in [0.1, 0.15) is 463 Å². The normalized spacial score (nSPS) is 12.6. The number of carbonyl (C=O) groups is 3.